The molecule has 3 nitrogen and oxygen atoms in total. The third kappa shape index (κ3) is 2.97. The van der Waals surface area contributed by atoms with Gasteiger partial charge in [0.2, 0.25) is 0 Å². The average molecular weight is 179 g/mol. The second-order valence-electron chi connectivity index (χ2n) is 2.76. The Hall–Kier alpha value is -0.440. The minimum Gasteiger partial charge on any atom is -0.351 e. The van der Waals surface area contributed by atoms with Gasteiger partial charge in [0.1, 0.15) is 0 Å². The third-order valence-corrected chi connectivity index (χ3v) is 1.74. The summed E-state index contributed by atoms with van der Waals surface area (Å²) in [5.41, 5.74) is 5.15. The number of primary amides is 1. The molecule has 2 N–H and O–H groups in total. The van der Waals surface area contributed by atoms with Crippen LogP contribution in [0.15, 0.2) is 0 Å². The molecule has 0 aromatic rings. The summed E-state index contributed by atoms with van der Waals surface area (Å²) < 4.78 is 0. The SMILES string of the molecule is CCCN(C(N)=O)C1CC1.Cl. The minimum atomic E-state index is -0.260. The molecule has 0 aliphatic heterocycles. The van der Waals surface area contributed by atoms with Crippen molar-refractivity contribution in [3.63, 3.8) is 0 Å². The van der Waals surface area contributed by atoms with Gasteiger partial charge in [-0.15, -0.1) is 12.4 Å². The molecule has 0 bridgehead atoms. The Balaban J connectivity index is 0.000001000. The second kappa shape index (κ2) is 4.44. The molecule has 0 radical (unpaired) electrons. The molecule has 1 saturated carbocycles. The molecule has 1 rings (SSSR count). The first-order valence-corrected chi connectivity index (χ1v) is 3.81. The lowest BCUT2D eigenvalue weighted by atomic mass is 10.4. The van der Waals surface area contributed by atoms with Gasteiger partial charge in [0.15, 0.2) is 0 Å². The highest BCUT2D eigenvalue weighted by molar-refractivity contribution is 5.85. The molecule has 2 amide bonds. The molecule has 1 fully saturated rings. The molecule has 0 unspecified atom stereocenters. The highest BCUT2D eigenvalue weighted by Gasteiger charge is 2.30. The maximum absolute atomic E-state index is 10.7. The first-order chi connectivity index (χ1) is 4.75. The van der Waals surface area contributed by atoms with Crippen molar-refractivity contribution < 1.29 is 4.79 Å². The van der Waals surface area contributed by atoms with Crippen molar-refractivity contribution in [2.24, 2.45) is 5.73 Å². The predicted octanol–water partition coefficient (Wildman–Crippen LogP) is 1.36. The Morgan fingerprint density at radius 2 is 2.18 bits per heavy atom. The molecule has 0 heterocycles. The van der Waals surface area contributed by atoms with Crippen molar-refractivity contribution in [1.82, 2.24) is 4.90 Å². The van der Waals surface area contributed by atoms with Crippen LogP contribution < -0.4 is 5.73 Å². The van der Waals surface area contributed by atoms with E-state index in [-0.39, 0.29) is 18.4 Å². The molecule has 0 saturated heterocycles. The summed E-state index contributed by atoms with van der Waals surface area (Å²) >= 11 is 0. The molecule has 66 valence electrons. The number of halogens is 1. The van der Waals surface area contributed by atoms with Crippen molar-refractivity contribution in [1.29, 1.82) is 0 Å². The first-order valence-electron chi connectivity index (χ1n) is 3.81. The van der Waals surface area contributed by atoms with Gasteiger partial charge in [-0.3, -0.25) is 0 Å². The lowest BCUT2D eigenvalue weighted by molar-refractivity contribution is 0.204. The summed E-state index contributed by atoms with van der Waals surface area (Å²) in [5.74, 6) is 0. The van der Waals surface area contributed by atoms with Gasteiger partial charge in [0.25, 0.3) is 0 Å². The monoisotopic (exact) mass is 178 g/mol. The Kier molecular flexibility index (Phi) is 4.26. The number of nitrogens with two attached hydrogens (primary N) is 1. The Labute approximate surface area is 73.3 Å². The van der Waals surface area contributed by atoms with Gasteiger partial charge in [-0.05, 0) is 19.3 Å². The van der Waals surface area contributed by atoms with Gasteiger partial charge in [-0.1, -0.05) is 6.92 Å². The van der Waals surface area contributed by atoms with Gasteiger partial charge >= 0.3 is 6.03 Å². The molecule has 0 aromatic carbocycles. The van der Waals surface area contributed by atoms with E-state index in [1.807, 2.05) is 0 Å². The average Bonchev–Trinajstić information content (AvgIpc) is 2.63. The Bertz CT molecular complexity index is 136. The smallest absolute Gasteiger partial charge is 0.315 e. The molecular formula is C7H15ClN2O. The summed E-state index contributed by atoms with van der Waals surface area (Å²) in [6, 6.07) is 0.210. The quantitative estimate of drug-likeness (QED) is 0.697. The van der Waals surface area contributed by atoms with E-state index in [9.17, 15) is 4.79 Å². The van der Waals surface area contributed by atoms with Crippen LogP contribution in [0.3, 0.4) is 0 Å². The van der Waals surface area contributed by atoms with E-state index in [0.29, 0.717) is 6.04 Å². The fraction of sp³-hybridized carbons (Fsp3) is 0.857. The number of nitrogens with zero attached hydrogens (tertiary/aromatic N) is 1. The van der Waals surface area contributed by atoms with Crippen molar-refractivity contribution in [3.05, 3.63) is 0 Å². The highest BCUT2D eigenvalue weighted by Crippen LogP contribution is 2.26. The molecule has 0 aromatic heterocycles. The van der Waals surface area contributed by atoms with Gasteiger partial charge in [0.05, 0.1) is 0 Å². The zero-order chi connectivity index (χ0) is 7.56. The van der Waals surface area contributed by atoms with Gasteiger partial charge in [0, 0.05) is 12.6 Å². The number of urea groups is 1. The molecule has 1 aliphatic carbocycles. The number of amides is 2. The summed E-state index contributed by atoms with van der Waals surface area (Å²) in [6.45, 7) is 2.87. The van der Waals surface area contributed by atoms with Crippen LogP contribution in [0.5, 0.6) is 0 Å². The lowest BCUT2D eigenvalue weighted by Gasteiger charge is -2.18. The predicted molar refractivity (Wildman–Crippen MR) is 46.9 cm³/mol. The van der Waals surface area contributed by atoms with E-state index in [1.165, 1.54) is 0 Å². The van der Waals surface area contributed by atoms with E-state index in [4.69, 9.17) is 5.73 Å². The van der Waals surface area contributed by atoms with Gasteiger partial charge in [-0.2, -0.15) is 0 Å². The van der Waals surface area contributed by atoms with E-state index in [2.05, 4.69) is 6.92 Å². The highest BCUT2D eigenvalue weighted by atomic mass is 35.5. The van der Waals surface area contributed by atoms with Crippen LogP contribution in [0.4, 0.5) is 4.79 Å². The number of rotatable bonds is 3. The zero-order valence-corrected chi connectivity index (χ0v) is 7.56. The molecule has 0 atom stereocenters. The van der Waals surface area contributed by atoms with Crippen LogP contribution >= 0.6 is 12.4 Å². The topological polar surface area (TPSA) is 46.3 Å². The van der Waals surface area contributed by atoms with E-state index < -0.39 is 0 Å². The van der Waals surface area contributed by atoms with Crippen LogP contribution in [-0.2, 0) is 0 Å². The number of carbonyl (C=O) groups excluding carboxylic acids is 1. The van der Waals surface area contributed by atoms with Gasteiger partial charge in [-0.25, -0.2) is 4.79 Å². The van der Waals surface area contributed by atoms with Crippen molar-refractivity contribution in [2.75, 3.05) is 6.54 Å². The molecular weight excluding hydrogens is 164 g/mol. The molecule has 4 heteroatoms. The summed E-state index contributed by atoms with van der Waals surface area (Å²) in [5, 5.41) is 0. The fourth-order valence-electron chi connectivity index (χ4n) is 1.10. The van der Waals surface area contributed by atoms with Crippen molar-refractivity contribution >= 4 is 18.4 Å². The summed E-state index contributed by atoms with van der Waals surface area (Å²) in [6.07, 6.45) is 3.28. The maximum atomic E-state index is 10.7. The minimum absolute atomic E-state index is 0. The van der Waals surface area contributed by atoms with E-state index >= 15 is 0 Å². The fourth-order valence-corrected chi connectivity index (χ4v) is 1.10. The number of hydrogen-bond donors (Lipinski definition) is 1. The van der Waals surface area contributed by atoms with Gasteiger partial charge < -0.3 is 10.6 Å². The lowest BCUT2D eigenvalue weighted by Crippen LogP contribution is -2.37. The number of carbonyl (C=O) groups is 1. The Morgan fingerprint density at radius 3 is 2.45 bits per heavy atom. The molecule has 0 spiro atoms. The largest absolute Gasteiger partial charge is 0.351 e. The second-order valence-corrected chi connectivity index (χ2v) is 2.76. The van der Waals surface area contributed by atoms with Crippen LogP contribution in [-0.4, -0.2) is 23.5 Å². The van der Waals surface area contributed by atoms with E-state index in [0.717, 1.165) is 25.8 Å². The maximum Gasteiger partial charge on any atom is 0.315 e. The molecule has 11 heavy (non-hydrogen) atoms. The number of hydrogen-bond acceptors (Lipinski definition) is 1. The molecule has 1 aliphatic rings. The van der Waals surface area contributed by atoms with Crippen LogP contribution in [0.2, 0.25) is 0 Å². The van der Waals surface area contributed by atoms with E-state index in [1.54, 1.807) is 4.90 Å². The van der Waals surface area contributed by atoms with Crippen LogP contribution in [0.25, 0.3) is 0 Å². The van der Waals surface area contributed by atoms with Crippen LogP contribution in [0.1, 0.15) is 26.2 Å². The van der Waals surface area contributed by atoms with Crippen LogP contribution in [0, 0.1) is 0 Å². The standard InChI is InChI=1S/C7H14N2O.ClH/c1-2-5-9(7(8)10)6-3-4-6;/h6H,2-5H2,1H3,(H2,8,10);1H. The van der Waals surface area contributed by atoms with Crippen molar-refractivity contribution in [2.45, 2.75) is 32.2 Å². The van der Waals surface area contributed by atoms with Crippen molar-refractivity contribution in [3.8, 4) is 0 Å². The summed E-state index contributed by atoms with van der Waals surface area (Å²) in [4.78, 5) is 12.5. The Morgan fingerprint density at radius 1 is 1.64 bits per heavy atom. The normalized spacial score (nSPS) is 15.4. The first kappa shape index (κ1) is 10.6. The summed E-state index contributed by atoms with van der Waals surface area (Å²) in [7, 11) is 0. The zero-order valence-electron chi connectivity index (χ0n) is 6.75. The third-order valence-electron chi connectivity index (χ3n) is 1.74.